The smallest absolute Gasteiger partial charge is 0.195 e. The summed E-state index contributed by atoms with van der Waals surface area (Å²) in [6, 6.07) is 21.3. The van der Waals surface area contributed by atoms with Crippen molar-refractivity contribution >= 4 is 16.3 Å². The number of rotatable bonds is 2. The van der Waals surface area contributed by atoms with Crippen LogP contribution >= 0.6 is 11.3 Å². The van der Waals surface area contributed by atoms with Crippen LogP contribution in [0.3, 0.4) is 0 Å². The summed E-state index contributed by atoms with van der Waals surface area (Å²) in [6.07, 6.45) is 4.97. The van der Waals surface area contributed by atoms with Crippen molar-refractivity contribution in [3.05, 3.63) is 71.2 Å². The van der Waals surface area contributed by atoms with Gasteiger partial charge in [-0.15, -0.1) is 11.3 Å². The molecule has 0 saturated carbocycles. The number of thiazole rings is 1. The summed E-state index contributed by atoms with van der Waals surface area (Å²) in [5.74, 6) is 0. The van der Waals surface area contributed by atoms with Crippen LogP contribution in [0.5, 0.6) is 0 Å². The Hall–Kier alpha value is -2.39. The van der Waals surface area contributed by atoms with E-state index in [2.05, 4.69) is 65.1 Å². The second kappa shape index (κ2) is 5.60. The molecule has 0 fully saturated rings. The zero-order valence-electron chi connectivity index (χ0n) is 13.4. The third-order valence-electron chi connectivity index (χ3n) is 4.81. The monoisotopic (exact) mass is 330 g/mol. The summed E-state index contributed by atoms with van der Waals surface area (Å²) in [5, 5.41) is 0. The Morgan fingerprint density at radius 2 is 1.46 bits per heavy atom. The molecule has 2 nitrogen and oxygen atoms in total. The predicted molar refractivity (Wildman–Crippen MR) is 101 cm³/mol. The minimum atomic E-state index is 1.10. The lowest BCUT2D eigenvalue weighted by Gasteiger charge is -2.13. The average Bonchev–Trinajstić information content (AvgIpc) is 3.19. The van der Waals surface area contributed by atoms with E-state index < -0.39 is 0 Å². The number of imidazole rings is 1. The van der Waals surface area contributed by atoms with Gasteiger partial charge in [0, 0.05) is 21.7 Å². The van der Waals surface area contributed by atoms with Crippen LogP contribution < -0.4 is 0 Å². The molecule has 0 saturated heterocycles. The van der Waals surface area contributed by atoms with Crippen molar-refractivity contribution in [3.8, 4) is 22.5 Å². The van der Waals surface area contributed by atoms with E-state index >= 15 is 0 Å². The molecule has 0 bridgehead atoms. The fourth-order valence-electron chi connectivity index (χ4n) is 3.70. The Morgan fingerprint density at radius 3 is 2.21 bits per heavy atom. The van der Waals surface area contributed by atoms with E-state index in [0.717, 1.165) is 10.7 Å². The van der Waals surface area contributed by atoms with E-state index in [4.69, 9.17) is 4.98 Å². The first kappa shape index (κ1) is 14.0. The van der Waals surface area contributed by atoms with Crippen LogP contribution in [-0.4, -0.2) is 9.38 Å². The van der Waals surface area contributed by atoms with Crippen LogP contribution in [0.15, 0.2) is 60.7 Å². The molecule has 2 aromatic carbocycles. The summed E-state index contributed by atoms with van der Waals surface area (Å²) in [6.45, 7) is 0. The van der Waals surface area contributed by atoms with Crippen LogP contribution in [0.2, 0.25) is 0 Å². The quantitative estimate of drug-likeness (QED) is 0.467. The third-order valence-corrected chi connectivity index (χ3v) is 5.96. The molecule has 1 aliphatic carbocycles. The summed E-state index contributed by atoms with van der Waals surface area (Å²) >= 11 is 1.88. The Kier molecular flexibility index (Phi) is 3.27. The number of fused-ring (bicyclic) bond motifs is 3. The largest absolute Gasteiger partial charge is 0.286 e. The molecule has 2 heterocycles. The molecule has 5 rings (SSSR count). The maximum atomic E-state index is 5.05. The molecule has 118 valence electrons. The fourth-order valence-corrected chi connectivity index (χ4v) is 4.90. The van der Waals surface area contributed by atoms with Gasteiger partial charge in [0.1, 0.15) is 0 Å². The molecule has 0 radical (unpaired) electrons. The number of aromatic nitrogens is 2. The van der Waals surface area contributed by atoms with Crippen LogP contribution in [0.4, 0.5) is 0 Å². The second-order valence-electron chi connectivity index (χ2n) is 6.34. The second-order valence-corrected chi connectivity index (χ2v) is 7.40. The zero-order valence-corrected chi connectivity index (χ0v) is 14.2. The van der Waals surface area contributed by atoms with Gasteiger partial charge >= 0.3 is 0 Å². The van der Waals surface area contributed by atoms with Gasteiger partial charge in [0.05, 0.1) is 11.4 Å². The van der Waals surface area contributed by atoms with Gasteiger partial charge in [-0.3, -0.25) is 4.40 Å². The van der Waals surface area contributed by atoms with E-state index in [1.807, 2.05) is 11.3 Å². The van der Waals surface area contributed by atoms with Gasteiger partial charge in [-0.2, -0.15) is 0 Å². The van der Waals surface area contributed by atoms with E-state index in [1.165, 1.54) is 53.1 Å². The van der Waals surface area contributed by atoms with Gasteiger partial charge in [0.2, 0.25) is 0 Å². The Balaban J connectivity index is 1.85. The Morgan fingerprint density at radius 1 is 0.792 bits per heavy atom. The Bertz CT molecular complexity index is 997. The highest BCUT2D eigenvalue weighted by Gasteiger charge is 2.23. The predicted octanol–water partition coefficient (Wildman–Crippen LogP) is 5.61. The number of nitrogens with zero attached hydrogens (tertiary/aromatic N) is 2. The number of hydrogen-bond donors (Lipinski definition) is 0. The molecule has 0 unspecified atom stereocenters. The first-order valence-electron chi connectivity index (χ1n) is 8.55. The summed E-state index contributed by atoms with van der Waals surface area (Å²) < 4.78 is 2.43. The van der Waals surface area contributed by atoms with Crippen molar-refractivity contribution in [2.45, 2.75) is 25.7 Å². The van der Waals surface area contributed by atoms with Crippen LogP contribution in [0, 0.1) is 0 Å². The SMILES string of the molecule is c1ccc(-c2nc3sc4c(n3c2-c2ccccc2)CCCC4)cc1. The van der Waals surface area contributed by atoms with Crippen molar-refractivity contribution in [3.63, 3.8) is 0 Å². The molecular formula is C21H18N2S. The zero-order chi connectivity index (χ0) is 15.9. The molecule has 0 N–H and O–H groups in total. The van der Waals surface area contributed by atoms with Gasteiger partial charge < -0.3 is 0 Å². The molecule has 2 aromatic heterocycles. The molecule has 1 aliphatic rings. The first-order valence-corrected chi connectivity index (χ1v) is 9.37. The van der Waals surface area contributed by atoms with Gasteiger partial charge in [-0.1, -0.05) is 60.7 Å². The van der Waals surface area contributed by atoms with Gasteiger partial charge in [-0.05, 0) is 25.7 Å². The fraction of sp³-hybridized carbons (Fsp3) is 0.190. The van der Waals surface area contributed by atoms with E-state index in [1.54, 1.807) is 0 Å². The normalized spacial score (nSPS) is 14.0. The molecule has 24 heavy (non-hydrogen) atoms. The lowest BCUT2D eigenvalue weighted by atomic mass is 10.0. The van der Waals surface area contributed by atoms with Crippen LogP contribution in [-0.2, 0) is 12.8 Å². The minimum absolute atomic E-state index is 1.10. The number of hydrogen-bond acceptors (Lipinski definition) is 2. The number of aryl methyl sites for hydroxylation is 2. The van der Waals surface area contributed by atoms with Crippen molar-refractivity contribution in [1.29, 1.82) is 0 Å². The minimum Gasteiger partial charge on any atom is -0.286 e. The molecule has 0 aliphatic heterocycles. The molecular weight excluding hydrogens is 312 g/mol. The lowest BCUT2D eigenvalue weighted by molar-refractivity contribution is 0.675. The Labute approximate surface area is 145 Å². The third kappa shape index (κ3) is 2.12. The summed E-state index contributed by atoms with van der Waals surface area (Å²) in [7, 11) is 0. The molecule has 0 spiro atoms. The van der Waals surface area contributed by atoms with Crippen molar-refractivity contribution in [2.75, 3.05) is 0 Å². The first-order chi connectivity index (χ1) is 11.9. The van der Waals surface area contributed by atoms with E-state index in [9.17, 15) is 0 Å². The topological polar surface area (TPSA) is 17.3 Å². The van der Waals surface area contributed by atoms with Crippen LogP contribution in [0.25, 0.3) is 27.5 Å². The van der Waals surface area contributed by atoms with Gasteiger partial charge in [0.15, 0.2) is 4.96 Å². The van der Waals surface area contributed by atoms with E-state index in [0.29, 0.717) is 0 Å². The van der Waals surface area contributed by atoms with Crippen molar-refractivity contribution in [2.24, 2.45) is 0 Å². The van der Waals surface area contributed by atoms with Gasteiger partial charge in [0.25, 0.3) is 0 Å². The lowest BCUT2D eigenvalue weighted by Crippen LogP contribution is -2.03. The molecule has 0 atom stereocenters. The maximum Gasteiger partial charge on any atom is 0.195 e. The van der Waals surface area contributed by atoms with Gasteiger partial charge in [-0.25, -0.2) is 4.98 Å². The standard InChI is InChI=1S/C21H18N2S/c1-3-9-15(10-4-1)19-20(16-11-5-2-6-12-16)23-17-13-7-8-14-18(17)24-21(23)22-19/h1-6,9-12H,7-8,13-14H2. The average molecular weight is 330 g/mol. The summed E-state index contributed by atoms with van der Waals surface area (Å²) in [5.41, 5.74) is 6.26. The number of benzene rings is 2. The van der Waals surface area contributed by atoms with Crippen molar-refractivity contribution < 1.29 is 0 Å². The molecule has 0 amide bonds. The molecule has 3 heteroatoms. The highest BCUT2D eigenvalue weighted by Crippen LogP contribution is 2.39. The highest BCUT2D eigenvalue weighted by atomic mass is 32.1. The molecule has 4 aromatic rings. The highest BCUT2D eigenvalue weighted by molar-refractivity contribution is 7.17. The van der Waals surface area contributed by atoms with Crippen LogP contribution in [0.1, 0.15) is 23.4 Å². The van der Waals surface area contributed by atoms with E-state index in [-0.39, 0.29) is 0 Å². The maximum absolute atomic E-state index is 5.05. The summed E-state index contributed by atoms with van der Waals surface area (Å²) in [4.78, 5) is 7.71. The van der Waals surface area contributed by atoms with Crippen molar-refractivity contribution in [1.82, 2.24) is 9.38 Å².